The topological polar surface area (TPSA) is 38.3 Å². The summed E-state index contributed by atoms with van der Waals surface area (Å²) in [4.78, 5) is 12.8. The smallest absolute Gasteiger partial charge is 0.252 e. The maximum absolute atomic E-state index is 12.8. The molecule has 26 heavy (non-hydrogen) atoms. The van der Waals surface area contributed by atoms with E-state index in [2.05, 4.69) is 12.2 Å². The molecule has 0 fully saturated rings. The van der Waals surface area contributed by atoms with Gasteiger partial charge in [0.2, 0.25) is 0 Å². The standard InChI is InChI=1S/C23H23NO2/c1-2-17-26-21-15-13-20(14-16-21)23(25)24-22(18-9-5-3-6-10-18)19-11-7-4-8-12-19/h3-16,22H,2,17H2,1H3,(H,24,25). The van der Waals surface area contributed by atoms with Crippen LogP contribution in [0.4, 0.5) is 0 Å². The van der Waals surface area contributed by atoms with E-state index in [-0.39, 0.29) is 11.9 Å². The zero-order valence-electron chi connectivity index (χ0n) is 14.9. The number of hydrogen-bond acceptors (Lipinski definition) is 2. The SMILES string of the molecule is CCCOc1ccc(C(=O)NC(c2ccccc2)c2ccccc2)cc1. The first kappa shape index (κ1) is 17.7. The van der Waals surface area contributed by atoms with Crippen LogP contribution in [0.1, 0.15) is 40.9 Å². The Kier molecular flexibility index (Phi) is 6.05. The Morgan fingerprint density at radius 2 is 1.38 bits per heavy atom. The van der Waals surface area contributed by atoms with Gasteiger partial charge in [0.1, 0.15) is 5.75 Å². The molecule has 3 aromatic rings. The van der Waals surface area contributed by atoms with Crippen LogP contribution in [0.15, 0.2) is 84.9 Å². The lowest BCUT2D eigenvalue weighted by molar-refractivity contribution is 0.0943. The van der Waals surface area contributed by atoms with Crippen LogP contribution in [-0.4, -0.2) is 12.5 Å². The zero-order chi connectivity index (χ0) is 18.2. The minimum atomic E-state index is -0.194. The van der Waals surface area contributed by atoms with Crippen molar-refractivity contribution in [3.05, 3.63) is 102 Å². The van der Waals surface area contributed by atoms with Gasteiger partial charge in [0, 0.05) is 5.56 Å². The van der Waals surface area contributed by atoms with Crippen molar-refractivity contribution in [3.63, 3.8) is 0 Å². The van der Waals surface area contributed by atoms with Crippen molar-refractivity contribution < 1.29 is 9.53 Å². The summed E-state index contributed by atoms with van der Waals surface area (Å²) in [5.74, 6) is 0.677. The van der Waals surface area contributed by atoms with Gasteiger partial charge in [-0.1, -0.05) is 67.6 Å². The van der Waals surface area contributed by atoms with E-state index in [4.69, 9.17) is 4.74 Å². The molecule has 0 aliphatic heterocycles. The Bertz CT molecular complexity index is 774. The highest BCUT2D eigenvalue weighted by Crippen LogP contribution is 2.22. The van der Waals surface area contributed by atoms with Gasteiger partial charge >= 0.3 is 0 Å². The second-order valence-electron chi connectivity index (χ2n) is 6.10. The van der Waals surface area contributed by atoms with E-state index in [1.54, 1.807) is 12.1 Å². The Morgan fingerprint density at radius 3 is 1.88 bits per heavy atom. The molecule has 0 bridgehead atoms. The van der Waals surface area contributed by atoms with Gasteiger partial charge in [0.05, 0.1) is 12.6 Å². The summed E-state index contributed by atoms with van der Waals surface area (Å²) < 4.78 is 5.58. The average Bonchev–Trinajstić information content (AvgIpc) is 2.72. The molecule has 0 aliphatic rings. The molecule has 3 heteroatoms. The molecule has 0 aromatic heterocycles. The third kappa shape index (κ3) is 4.51. The van der Waals surface area contributed by atoms with Crippen LogP contribution in [-0.2, 0) is 0 Å². The Labute approximate surface area is 154 Å². The Hall–Kier alpha value is -3.07. The number of carbonyl (C=O) groups excluding carboxylic acids is 1. The summed E-state index contributed by atoms with van der Waals surface area (Å²) in [6.07, 6.45) is 0.956. The van der Waals surface area contributed by atoms with Crippen molar-refractivity contribution in [1.82, 2.24) is 5.32 Å². The predicted octanol–water partition coefficient (Wildman–Crippen LogP) is 4.99. The van der Waals surface area contributed by atoms with E-state index in [1.807, 2.05) is 72.8 Å². The monoisotopic (exact) mass is 345 g/mol. The summed E-state index contributed by atoms with van der Waals surface area (Å²) in [6.45, 7) is 2.74. The van der Waals surface area contributed by atoms with Gasteiger partial charge in [-0.05, 0) is 41.8 Å². The molecule has 0 heterocycles. The highest BCUT2D eigenvalue weighted by Gasteiger charge is 2.17. The molecular formula is C23H23NO2. The molecule has 1 amide bonds. The predicted molar refractivity (Wildman–Crippen MR) is 104 cm³/mol. The van der Waals surface area contributed by atoms with Gasteiger partial charge in [-0.3, -0.25) is 4.79 Å². The Morgan fingerprint density at radius 1 is 0.846 bits per heavy atom. The summed E-state index contributed by atoms with van der Waals surface area (Å²) in [5, 5.41) is 3.15. The van der Waals surface area contributed by atoms with E-state index in [0.717, 1.165) is 23.3 Å². The third-order valence-electron chi connectivity index (χ3n) is 4.13. The Balaban J connectivity index is 1.79. The van der Waals surface area contributed by atoms with Crippen molar-refractivity contribution in [2.45, 2.75) is 19.4 Å². The molecule has 0 saturated carbocycles. The number of ether oxygens (including phenoxy) is 1. The zero-order valence-corrected chi connectivity index (χ0v) is 14.9. The second-order valence-corrected chi connectivity index (χ2v) is 6.10. The second kappa shape index (κ2) is 8.86. The fraction of sp³-hybridized carbons (Fsp3) is 0.174. The van der Waals surface area contributed by atoms with Crippen molar-refractivity contribution in [1.29, 1.82) is 0 Å². The van der Waals surface area contributed by atoms with Crippen molar-refractivity contribution >= 4 is 5.91 Å². The molecule has 0 saturated heterocycles. The molecule has 1 N–H and O–H groups in total. The minimum absolute atomic E-state index is 0.107. The van der Waals surface area contributed by atoms with Crippen LogP contribution >= 0.6 is 0 Å². The van der Waals surface area contributed by atoms with Gasteiger partial charge < -0.3 is 10.1 Å². The lowest BCUT2D eigenvalue weighted by atomic mass is 9.98. The number of hydrogen-bond donors (Lipinski definition) is 1. The minimum Gasteiger partial charge on any atom is -0.494 e. The van der Waals surface area contributed by atoms with Gasteiger partial charge in [-0.25, -0.2) is 0 Å². The largest absolute Gasteiger partial charge is 0.494 e. The first-order chi connectivity index (χ1) is 12.8. The number of benzene rings is 3. The summed E-state index contributed by atoms with van der Waals surface area (Å²) >= 11 is 0. The van der Waals surface area contributed by atoms with Gasteiger partial charge in [-0.15, -0.1) is 0 Å². The lowest BCUT2D eigenvalue weighted by Gasteiger charge is -2.20. The molecule has 3 rings (SSSR count). The number of amides is 1. The molecular weight excluding hydrogens is 322 g/mol. The van der Waals surface area contributed by atoms with E-state index in [0.29, 0.717) is 12.2 Å². The van der Waals surface area contributed by atoms with Crippen molar-refractivity contribution in [2.24, 2.45) is 0 Å². The highest BCUT2D eigenvalue weighted by atomic mass is 16.5. The van der Waals surface area contributed by atoms with Crippen LogP contribution in [0.2, 0.25) is 0 Å². The van der Waals surface area contributed by atoms with Gasteiger partial charge in [-0.2, -0.15) is 0 Å². The van der Waals surface area contributed by atoms with Crippen molar-refractivity contribution in [2.75, 3.05) is 6.61 Å². The summed E-state index contributed by atoms with van der Waals surface area (Å²) in [6, 6.07) is 27.1. The molecule has 3 aromatic carbocycles. The van der Waals surface area contributed by atoms with E-state index >= 15 is 0 Å². The van der Waals surface area contributed by atoms with E-state index < -0.39 is 0 Å². The summed E-state index contributed by atoms with van der Waals surface area (Å²) in [7, 11) is 0. The lowest BCUT2D eigenvalue weighted by Crippen LogP contribution is -2.29. The quantitative estimate of drug-likeness (QED) is 0.655. The highest BCUT2D eigenvalue weighted by molar-refractivity contribution is 5.94. The molecule has 0 spiro atoms. The van der Waals surface area contributed by atoms with E-state index in [9.17, 15) is 4.79 Å². The van der Waals surface area contributed by atoms with Crippen LogP contribution in [0, 0.1) is 0 Å². The average molecular weight is 345 g/mol. The fourth-order valence-electron chi connectivity index (χ4n) is 2.79. The normalized spacial score (nSPS) is 10.5. The van der Waals surface area contributed by atoms with Crippen LogP contribution in [0.25, 0.3) is 0 Å². The first-order valence-electron chi connectivity index (χ1n) is 8.91. The number of rotatable bonds is 7. The summed E-state index contributed by atoms with van der Waals surface area (Å²) in [5.41, 5.74) is 2.72. The first-order valence-corrected chi connectivity index (χ1v) is 8.91. The third-order valence-corrected chi connectivity index (χ3v) is 4.13. The molecule has 0 radical (unpaired) electrons. The molecule has 0 unspecified atom stereocenters. The maximum atomic E-state index is 12.8. The molecule has 132 valence electrons. The molecule has 3 nitrogen and oxygen atoms in total. The van der Waals surface area contributed by atoms with Gasteiger partial charge in [0.25, 0.3) is 5.91 Å². The van der Waals surface area contributed by atoms with Crippen LogP contribution in [0.5, 0.6) is 5.75 Å². The maximum Gasteiger partial charge on any atom is 0.252 e. The van der Waals surface area contributed by atoms with Crippen molar-refractivity contribution in [3.8, 4) is 5.75 Å². The van der Waals surface area contributed by atoms with E-state index in [1.165, 1.54) is 0 Å². The fourth-order valence-corrected chi connectivity index (χ4v) is 2.79. The van der Waals surface area contributed by atoms with Crippen LogP contribution in [0.3, 0.4) is 0 Å². The molecule has 0 atom stereocenters. The number of nitrogens with one attached hydrogen (secondary N) is 1. The van der Waals surface area contributed by atoms with Crippen LogP contribution < -0.4 is 10.1 Å². The molecule has 0 aliphatic carbocycles. The number of carbonyl (C=O) groups is 1. The van der Waals surface area contributed by atoms with Gasteiger partial charge in [0.15, 0.2) is 0 Å².